The number of carbonyl (C=O) groups is 2. The largest absolute Gasteiger partial charge is 0.477 e. The lowest BCUT2D eigenvalue weighted by Gasteiger charge is -2.24. The van der Waals surface area contributed by atoms with E-state index >= 15 is 0 Å². The van der Waals surface area contributed by atoms with Gasteiger partial charge in [-0.25, -0.2) is 4.79 Å². The van der Waals surface area contributed by atoms with Gasteiger partial charge in [0.15, 0.2) is 0 Å². The maximum Gasteiger partial charge on any atom is 0.352 e. The third-order valence-corrected chi connectivity index (χ3v) is 6.66. The topological polar surface area (TPSA) is 75.6 Å². The van der Waals surface area contributed by atoms with Gasteiger partial charge >= 0.3 is 5.97 Å². The summed E-state index contributed by atoms with van der Waals surface area (Å²) < 4.78 is 6.68. The molecule has 2 N–H and O–H groups in total. The summed E-state index contributed by atoms with van der Waals surface area (Å²) >= 11 is 3.44. The Morgan fingerprint density at radius 2 is 1.87 bits per heavy atom. The van der Waals surface area contributed by atoms with Crippen molar-refractivity contribution in [1.82, 2.24) is 5.32 Å². The molecule has 5 nitrogen and oxygen atoms in total. The first kappa shape index (κ1) is 23.1. The van der Waals surface area contributed by atoms with E-state index in [1.165, 1.54) is 6.08 Å². The second kappa shape index (κ2) is 9.69. The van der Waals surface area contributed by atoms with Crippen molar-refractivity contribution >= 4 is 33.9 Å². The van der Waals surface area contributed by atoms with Crippen LogP contribution in [0, 0.1) is 17.3 Å². The zero-order valence-electron chi connectivity index (χ0n) is 18.0. The van der Waals surface area contributed by atoms with Gasteiger partial charge in [-0.05, 0) is 82.9 Å². The molecule has 0 heterocycles. The number of carboxylic acids is 1. The molecule has 2 unspecified atom stereocenters. The average molecular weight is 486 g/mol. The summed E-state index contributed by atoms with van der Waals surface area (Å²) in [6.45, 7) is 6.26. The molecule has 0 saturated heterocycles. The van der Waals surface area contributed by atoms with E-state index in [-0.39, 0.29) is 11.6 Å². The van der Waals surface area contributed by atoms with Crippen LogP contribution < -0.4 is 10.1 Å². The molecule has 0 radical (unpaired) electrons. The van der Waals surface area contributed by atoms with Crippen LogP contribution in [0.2, 0.25) is 0 Å². The van der Waals surface area contributed by atoms with Gasteiger partial charge in [-0.2, -0.15) is 0 Å². The number of amides is 1. The van der Waals surface area contributed by atoms with Crippen molar-refractivity contribution in [2.75, 3.05) is 0 Å². The van der Waals surface area contributed by atoms with Crippen LogP contribution in [0.15, 0.2) is 58.7 Å². The maximum absolute atomic E-state index is 12.9. The molecule has 0 aliphatic heterocycles. The second-order valence-electron chi connectivity index (χ2n) is 8.73. The number of aliphatic carboxylic acids is 1. The van der Waals surface area contributed by atoms with Gasteiger partial charge in [0.1, 0.15) is 17.2 Å². The molecule has 31 heavy (non-hydrogen) atoms. The van der Waals surface area contributed by atoms with Gasteiger partial charge in [0.2, 0.25) is 5.91 Å². The van der Waals surface area contributed by atoms with Gasteiger partial charge in [-0.15, -0.1) is 0 Å². The van der Waals surface area contributed by atoms with Gasteiger partial charge in [-0.3, -0.25) is 4.79 Å². The fraction of sp³-hybridized carbons (Fsp3) is 0.360. The lowest BCUT2D eigenvalue weighted by molar-refractivity contribution is -0.136. The van der Waals surface area contributed by atoms with Gasteiger partial charge < -0.3 is 15.2 Å². The fourth-order valence-electron chi connectivity index (χ4n) is 3.94. The standard InChI is InChI=1S/C25H28BrNO4/c1-16(2)18-12-13-25(3,15-18)24(30)27-21(23(28)29)14-17-8-10-19(11-9-17)31-22-7-5-4-6-20(22)26/h4-11,14,16,18H,12-13,15H2,1-3H3,(H,27,30)(H,28,29). The van der Waals surface area contributed by atoms with Crippen LogP contribution in [-0.4, -0.2) is 17.0 Å². The summed E-state index contributed by atoms with van der Waals surface area (Å²) in [6.07, 6.45) is 4.02. The van der Waals surface area contributed by atoms with Gasteiger partial charge in [0, 0.05) is 5.41 Å². The Labute approximate surface area is 191 Å². The molecular formula is C25H28BrNO4. The Balaban J connectivity index is 1.71. The van der Waals surface area contributed by atoms with Crippen molar-refractivity contribution < 1.29 is 19.4 Å². The monoisotopic (exact) mass is 485 g/mol. The predicted octanol–water partition coefficient (Wildman–Crippen LogP) is 6.25. The zero-order chi connectivity index (χ0) is 22.6. The summed E-state index contributed by atoms with van der Waals surface area (Å²) in [6, 6.07) is 14.6. The molecule has 2 aromatic rings. The summed E-state index contributed by atoms with van der Waals surface area (Å²) in [5.74, 6) is 0.936. The highest BCUT2D eigenvalue weighted by atomic mass is 79.9. The van der Waals surface area contributed by atoms with Crippen LogP contribution in [0.4, 0.5) is 0 Å². The Hall–Kier alpha value is -2.60. The number of halogens is 1. The van der Waals surface area contributed by atoms with Crippen molar-refractivity contribution in [3.8, 4) is 11.5 Å². The minimum atomic E-state index is -1.16. The molecule has 0 bridgehead atoms. The number of hydrogen-bond donors (Lipinski definition) is 2. The minimum Gasteiger partial charge on any atom is -0.477 e. The molecule has 0 aromatic heterocycles. The molecule has 1 aliphatic carbocycles. The number of ether oxygens (including phenoxy) is 1. The summed E-state index contributed by atoms with van der Waals surface area (Å²) in [4.78, 5) is 24.7. The zero-order valence-corrected chi connectivity index (χ0v) is 19.6. The number of rotatable bonds is 7. The third-order valence-electron chi connectivity index (χ3n) is 6.00. The quantitative estimate of drug-likeness (QED) is 0.454. The Morgan fingerprint density at radius 3 is 2.45 bits per heavy atom. The highest BCUT2D eigenvalue weighted by molar-refractivity contribution is 9.10. The molecule has 6 heteroatoms. The van der Waals surface area contributed by atoms with Crippen molar-refractivity contribution in [2.45, 2.75) is 40.0 Å². The molecular weight excluding hydrogens is 458 g/mol. The van der Waals surface area contributed by atoms with E-state index in [1.807, 2.05) is 31.2 Å². The smallest absolute Gasteiger partial charge is 0.352 e. The normalized spacial score (nSPS) is 21.2. The van der Waals surface area contributed by atoms with Gasteiger partial charge in [0.05, 0.1) is 4.47 Å². The van der Waals surface area contributed by atoms with E-state index in [2.05, 4.69) is 35.1 Å². The first-order chi connectivity index (χ1) is 14.7. The number of para-hydroxylation sites is 1. The SMILES string of the molecule is CC(C)C1CCC(C)(C(=O)NC(=Cc2ccc(Oc3ccccc3Br)cc2)C(=O)O)C1. The third kappa shape index (κ3) is 5.76. The molecule has 1 aliphatic rings. The summed E-state index contributed by atoms with van der Waals surface area (Å²) in [7, 11) is 0. The van der Waals surface area contributed by atoms with Crippen LogP contribution in [0.3, 0.4) is 0 Å². The molecule has 1 saturated carbocycles. The highest BCUT2D eigenvalue weighted by Gasteiger charge is 2.42. The second-order valence-corrected chi connectivity index (χ2v) is 9.58. The summed E-state index contributed by atoms with van der Waals surface area (Å²) in [5.41, 5.74) is -0.00273. The van der Waals surface area contributed by atoms with Gasteiger partial charge in [0.25, 0.3) is 0 Å². The number of benzene rings is 2. The van der Waals surface area contributed by atoms with E-state index in [4.69, 9.17) is 4.74 Å². The predicted molar refractivity (Wildman–Crippen MR) is 125 cm³/mol. The highest BCUT2D eigenvalue weighted by Crippen LogP contribution is 2.44. The van der Waals surface area contributed by atoms with Crippen molar-refractivity contribution in [1.29, 1.82) is 0 Å². The summed E-state index contributed by atoms with van der Waals surface area (Å²) in [5, 5.41) is 12.3. The number of nitrogens with one attached hydrogen (secondary N) is 1. The molecule has 1 fully saturated rings. The van der Waals surface area contributed by atoms with Crippen molar-refractivity contribution in [2.24, 2.45) is 17.3 Å². The van der Waals surface area contributed by atoms with Crippen LogP contribution in [-0.2, 0) is 9.59 Å². The number of hydrogen-bond acceptors (Lipinski definition) is 3. The Kier molecular flexibility index (Phi) is 7.21. The first-order valence-electron chi connectivity index (χ1n) is 10.5. The lowest BCUT2D eigenvalue weighted by atomic mass is 9.84. The van der Waals surface area contributed by atoms with E-state index < -0.39 is 11.4 Å². The maximum atomic E-state index is 12.9. The number of carbonyl (C=O) groups excluding carboxylic acids is 1. The molecule has 2 atom stereocenters. The Morgan fingerprint density at radius 1 is 1.19 bits per heavy atom. The van der Waals surface area contributed by atoms with Crippen molar-refractivity contribution in [3.63, 3.8) is 0 Å². The minimum absolute atomic E-state index is 0.126. The molecule has 164 valence electrons. The molecule has 0 spiro atoms. The molecule has 3 rings (SSSR count). The van der Waals surface area contributed by atoms with Crippen LogP contribution in [0.25, 0.3) is 6.08 Å². The molecule has 1 amide bonds. The fourth-order valence-corrected chi connectivity index (χ4v) is 4.31. The number of carboxylic acid groups (broad SMARTS) is 1. The van der Waals surface area contributed by atoms with E-state index in [0.29, 0.717) is 28.9 Å². The first-order valence-corrected chi connectivity index (χ1v) is 11.3. The van der Waals surface area contributed by atoms with E-state index in [1.54, 1.807) is 24.3 Å². The van der Waals surface area contributed by atoms with E-state index in [0.717, 1.165) is 23.7 Å². The Bertz CT molecular complexity index is 983. The van der Waals surface area contributed by atoms with Crippen LogP contribution >= 0.6 is 15.9 Å². The van der Waals surface area contributed by atoms with Crippen LogP contribution in [0.5, 0.6) is 11.5 Å². The van der Waals surface area contributed by atoms with Crippen molar-refractivity contribution in [3.05, 3.63) is 64.3 Å². The average Bonchev–Trinajstić information content (AvgIpc) is 3.14. The lowest BCUT2D eigenvalue weighted by Crippen LogP contribution is -2.38. The van der Waals surface area contributed by atoms with E-state index in [9.17, 15) is 14.7 Å². The van der Waals surface area contributed by atoms with Crippen LogP contribution in [0.1, 0.15) is 45.6 Å². The van der Waals surface area contributed by atoms with Gasteiger partial charge in [-0.1, -0.05) is 45.0 Å². The molecule has 2 aromatic carbocycles.